The first kappa shape index (κ1) is 73.0. The molecule has 0 bridgehead atoms. The number of hydrogen-bond donors (Lipinski definition) is 8. The van der Waals surface area contributed by atoms with Crippen LogP contribution in [-0.2, 0) is 17.0 Å². The second-order valence-corrected chi connectivity index (χ2v) is 24.7. The van der Waals surface area contributed by atoms with Crippen LogP contribution in [0.5, 0.6) is 0 Å². The van der Waals surface area contributed by atoms with E-state index in [1.807, 2.05) is 30.3 Å². The number of rotatable bonds is 9. The summed E-state index contributed by atoms with van der Waals surface area (Å²) in [7, 11) is 0. The number of carbonyl (C=O) groups is 5. The van der Waals surface area contributed by atoms with E-state index in [0.717, 1.165) is 5.56 Å². The van der Waals surface area contributed by atoms with Gasteiger partial charge < -0.3 is 43.0 Å². The fraction of sp³-hybridized carbons (Fsp3) is 0.108. The van der Waals surface area contributed by atoms with Crippen molar-refractivity contribution in [3.63, 3.8) is 0 Å². The summed E-state index contributed by atoms with van der Waals surface area (Å²) >= 11 is 30.4. The zero-order valence-corrected chi connectivity index (χ0v) is 58.5. The molecule has 0 saturated heterocycles. The average molecular weight is 1560 g/mol. The van der Waals surface area contributed by atoms with Gasteiger partial charge in [-0.25, -0.2) is 29.9 Å². The molecule has 13 heterocycles. The predicted octanol–water partition coefficient (Wildman–Crippen LogP) is 8.75. The number of hydrogen-bond acceptors (Lipinski definition) is 21. The molecule has 35 heteroatoms. The quantitative estimate of drug-likeness (QED) is 0.0626. The number of aromatic nitrogens is 13. The van der Waals surface area contributed by atoms with Crippen molar-refractivity contribution in [2.24, 2.45) is 5.73 Å². The number of H-pyrrole nitrogens is 1. The van der Waals surface area contributed by atoms with Crippen molar-refractivity contribution < 1.29 is 24.0 Å². The molecule has 100 heavy (non-hydrogen) atoms. The van der Waals surface area contributed by atoms with E-state index in [1.54, 1.807) is 131 Å². The Bertz CT molecular complexity index is 4970. The number of pyridine rings is 7. The van der Waals surface area contributed by atoms with Crippen molar-refractivity contribution in [3.05, 3.63) is 299 Å². The molecule has 10 N–H and O–H groups in total. The van der Waals surface area contributed by atoms with Crippen LogP contribution in [0.4, 0.5) is 28.8 Å². The predicted molar refractivity (Wildman–Crippen MR) is 380 cm³/mol. The Morgan fingerprint density at radius 2 is 0.900 bits per heavy atom. The Kier molecular flexibility index (Phi) is 23.0. The number of halogens is 6. The van der Waals surface area contributed by atoms with Crippen LogP contribution in [0, 0.1) is 0 Å². The molecule has 0 spiro atoms. The van der Waals surface area contributed by atoms with Crippen molar-refractivity contribution in [2.75, 3.05) is 16.4 Å². The summed E-state index contributed by atoms with van der Waals surface area (Å²) in [5, 5.41) is 15.0. The van der Waals surface area contributed by atoms with Crippen LogP contribution in [-0.4, -0.2) is 93.0 Å². The van der Waals surface area contributed by atoms with E-state index < -0.39 is 51.7 Å². The Hall–Kier alpha value is -11.2. The number of nitrogen functional groups attached to an aromatic ring is 1. The molecule has 0 saturated carbocycles. The molecule has 0 fully saturated rings. The zero-order chi connectivity index (χ0) is 72.2. The van der Waals surface area contributed by atoms with Crippen LogP contribution in [0.15, 0.2) is 212 Å². The number of anilines is 5. The summed E-state index contributed by atoms with van der Waals surface area (Å²) < 4.78 is 4.60. The maximum absolute atomic E-state index is 13.2. The summed E-state index contributed by atoms with van der Waals surface area (Å²) in [4.78, 5) is 146. The highest BCUT2D eigenvalue weighted by atomic mass is 79.9. The van der Waals surface area contributed by atoms with Crippen LogP contribution in [0.25, 0.3) is 0 Å². The second-order valence-electron chi connectivity index (χ2n) is 21.4. The lowest BCUT2D eigenvalue weighted by molar-refractivity contribution is 0.0931. The highest BCUT2D eigenvalue weighted by molar-refractivity contribution is 9.10. The third kappa shape index (κ3) is 16.0. The molecule has 3 atom stereocenters. The third-order valence-corrected chi connectivity index (χ3v) is 17.0. The number of carbonyl (C=O) groups excluding carboxylic acids is 5. The molecular formula is C65H52Br2Cl4N20O9. The first-order chi connectivity index (χ1) is 47.7. The van der Waals surface area contributed by atoms with Crippen molar-refractivity contribution in [2.45, 2.75) is 44.7 Å². The summed E-state index contributed by atoms with van der Waals surface area (Å²) in [5.74, 6) is -0.582. The maximum atomic E-state index is 13.2. The highest BCUT2D eigenvalue weighted by Crippen LogP contribution is 2.36. The van der Waals surface area contributed by atoms with Crippen LogP contribution >= 0.6 is 78.3 Å². The number of aromatic amines is 1. The second kappa shape index (κ2) is 31.5. The van der Waals surface area contributed by atoms with Gasteiger partial charge in [0.2, 0.25) is 0 Å². The van der Waals surface area contributed by atoms with Gasteiger partial charge in [0, 0.05) is 44.1 Å². The molecule has 11 aromatic rings. The summed E-state index contributed by atoms with van der Waals surface area (Å²) in [6, 6.07) is 35.6. The van der Waals surface area contributed by atoms with E-state index in [2.05, 4.69) is 108 Å². The molecular weight excluding hydrogens is 1510 g/mol. The molecule has 14 rings (SSSR count). The van der Waals surface area contributed by atoms with Gasteiger partial charge in [-0.2, -0.15) is 0 Å². The minimum absolute atomic E-state index is 0.00981. The molecule has 508 valence electrons. The van der Waals surface area contributed by atoms with Gasteiger partial charge in [0.1, 0.15) is 81.9 Å². The van der Waals surface area contributed by atoms with E-state index in [0.29, 0.717) is 39.0 Å². The van der Waals surface area contributed by atoms with Crippen molar-refractivity contribution in [1.82, 2.24) is 79.5 Å². The van der Waals surface area contributed by atoms with Crippen LogP contribution < -0.4 is 60.3 Å². The molecule has 4 amide bonds. The third-order valence-electron chi connectivity index (χ3n) is 14.7. The van der Waals surface area contributed by atoms with Gasteiger partial charge in [-0.1, -0.05) is 94.9 Å². The van der Waals surface area contributed by atoms with Crippen molar-refractivity contribution in [3.8, 4) is 0 Å². The highest BCUT2D eigenvalue weighted by Gasteiger charge is 2.46. The number of nitrogens with one attached hydrogen (secondary N) is 6. The maximum Gasteiger partial charge on any atom is 0.277 e. The van der Waals surface area contributed by atoms with Gasteiger partial charge in [0.25, 0.3) is 45.9 Å². The molecule has 0 aliphatic carbocycles. The SMILES string of the molecule is CC(=O)c1ccccn1.CC1(c2ccccc2)NC(=O)c2c(Cl)cc(Nc3ccncn3)c(=O)n21.CC1(c2ccccn2)NC(=O)c2c(Cl)cc(Br)c(=O)n21.CC1(c2ccccn2)NC(=O)c2c(Cl)cc(Nc3ccncn3)c(=O)n21.NC(=O)c1[nH]c(=O)c(Br)cc1Cl.Nc1ccncn1. The largest absolute Gasteiger partial charge is 0.384 e. The first-order valence-corrected chi connectivity index (χ1v) is 32.1. The molecule has 3 unspecified atom stereocenters. The smallest absolute Gasteiger partial charge is 0.277 e. The van der Waals surface area contributed by atoms with Crippen molar-refractivity contribution in [1.29, 1.82) is 0 Å². The zero-order valence-electron chi connectivity index (χ0n) is 52.3. The average Bonchev–Trinajstić information content (AvgIpc) is 1.58. The minimum atomic E-state index is -1.15. The number of amides is 4. The van der Waals surface area contributed by atoms with Crippen LogP contribution in [0.2, 0.25) is 20.1 Å². The fourth-order valence-electron chi connectivity index (χ4n) is 9.99. The fourth-order valence-corrected chi connectivity index (χ4v) is 12.1. The Morgan fingerprint density at radius 1 is 0.480 bits per heavy atom. The van der Waals surface area contributed by atoms with Crippen LogP contribution in [0.1, 0.15) is 97.1 Å². The van der Waals surface area contributed by atoms with Gasteiger partial charge in [-0.3, -0.25) is 71.8 Å². The first-order valence-electron chi connectivity index (χ1n) is 29.0. The van der Waals surface area contributed by atoms with Crippen LogP contribution in [0.3, 0.4) is 0 Å². The van der Waals surface area contributed by atoms with Gasteiger partial charge in [-0.15, -0.1) is 0 Å². The van der Waals surface area contributed by atoms with E-state index in [9.17, 15) is 43.2 Å². The van der Waals surface area contributed by atoms with Crippen molar-refractivity contribution >= 4 is 137 Å². The number of nitrogens with zero attached hydrogens (tertiary/aromatic N) is 12. The lowest BCUT2D eigenvalue weighted by Gasteiger charge is -2.28. The van der Waals surface area contributed by atoms with Gasteiger partial charge in [0.15, 0.2) is 17.1 Å². The molecule has 1 aromatic carbocycles. The standard InChI is InChI=1S/C18H14ClN5O2.C17H13ClN6O2.C13H9BrClN3O2.C7H7NO.C6H4BrClN2O2.C4H5N3/c1-18(11-5-3-2-4-6-11)23-16(25)15-12(19)9-13(17(26)24(15)18)22-14-7-8-20-10-21-14;1-17(12-4-2-3-6-20-12)23-15(25)14-10(18)8-11(16(26)24(14)17)22-13-5-7-19-9-21-13;1-13(9-4-2-3-5-16-9)17-11(19)10-8(15)6-7(14)12(20)18(10)13;1-6(9)7-4-2-3-5-8-7;7-2-1-3(8)4(5(9)11)10-6(2)12;5-4-1-2-6-3-7-4/h2-10H,1H3,(H,23,25)(H,20,21,22);2-9H,1H3,(H,23,25)(H,19,21,22);2-6H,1H3,(H,17,19);2-5H,1H3;1H,(H2,9,11)(H,10,12);1-3H,(H2,5,6,7). The van der Waals surface area contributed by atoms with Gasteiger partial charge >= 0.3 is 0 Å². The summed E-state index contributed by atoms with van der Waals surface area (Å²) in [5.41, 5.74) is 8.38. The Labute approximate surface area is 602 Å². The topological polar surface area (TPSA) is 412 Å². The summed E-state index contributed by atoms with van der Waals surface area (Å²) in [6.07, 6.45) is 13.7. The number of primary amides is 1. The molecule has 0 radical (unpaired) electrons. The Balaban J connectivity index is 0.000000148. The Morgan fingerprint density at radius 3 is 1.29 bits per heavy atom. The number of nitrogens with two attached hydrogens (primary N) is 2. The van der Waals surface area contributed by atoms with Gasteiger partial charge in [0.05, 0.1) is 40.4 Å². The monoisotopic (exact) mass is 1550 g/mol. The number of fused-ring (bicyclic) bond motifs is 3. The molecule has 10 aromatic heterocycles. The number of ketones is 1. The van der Waals surface area contributed by atoms with E-state index >= 15 is 0 Å². The number of benzene rings is 1. The van der Waals surface area contributed by atoms with Gasteiger partial charge in [-0.05, 0) is 137 Å². The van der Waals surface area contributed by atoms with E-state index in [1.165, 1.54) is 63.9 Å². The molecule has 29 nitrogen and oxygen atoms in total. The van der Waals surface area contributed by atoms with E-state index in [-0.39, 0.29) is 75.6 Å². The lowest BCUT2D eigenvalue weighted by Crippen LogP contribution is -2.46. The molecule has 3 aliphatic rings. The minimum Gasteiger partial charge on any atom is -0.384 e. The lowest BCUT2D eigenvalue weighted by atomic mass is 10.0. The van der Waals surface area contributed by atoms with E-state index in [4.69, 9.17) is 57.9 Å². The summed E-state index contributed by atoms with van der Waals surface area (Å²) in [6.45, 7) is 6.69. The molecule has 3 aliphatic heterocycles. The number of Topliss-reactive ketones (excluding diaryl/α,β-unsaturated/α-hetero) is 1. The normalized spacial score (nSPS) is 16.2.